The van der Waals surface area contributed by atoms with Gasteiger partial charge in [0.05, 0.1) is 0 Å². The van der Waals surface area contributed by atoms with Crippen LogP contribution in [0, 0.1) is 0 Å². The fraction of sp³-hybridized carbons (Fsp3) is 0. The predicted octanol–water partition coefficient (Wildman–Crippen LogP) is 4.51. The van der Waals surface area contributed by atoms with Crippen LogP contribution in [0.1, 0.15) is 21.5 Å². The molecule has 0 unspecified atom stereocenters. The number of ketones is 1. The van der Waals surface area contributed by atoms with Gasteiger partial charge in [0.1, 0.15) is 0 Å². The van der Waals surface area contributed by atoms with Gasteiger partial charge in [0, 0.05) is 23.5 Å². The van der Waals surface area contributed by atoms with Gasteiger partial charge >= 0.3 is 0 Å². The van der Waals surface area contributed by atoms with Crippen LogP contribution in [0.2, 0.25) is 0 Å². The van der Waals surface area contributed by atoms with E-state index in [1.54, 1.807) is 12.4 Å². The zero-order chi connectivity index (χ0) is 15.2. The molecule has 0 aliphatic heterocycles. The van der Waals surface area contributed by atoms with Crippen LogP contribution < -0.4 is 0 Å². The van der Waals surface area contributed by atoms with Crippen LogP contribution in [0.15, 0.2) is 85.2 Å². The Hall–Kier alpha value is -3.00. The molecule has 0 fully saturated rings. The number of hydrogen-bond acceptors (Lipinski definition) is 2. The summed E-state index contributed by atoms with van der Waals surface area (Å²) in [5, 5.41) is 0. The van der Waals surface area contributed by atoms with Crippen molar-refractivity contribution in [2.45, 2.75) is 0 Å². The molecule has 0 amide bonds. The SMILES string of the molecule is O=C(/C(=C/c1ccncc1)c1ccccc1)c1ccccc1. The van der Waals surface area contributed by atoms with Crippen LogP contribution in [0.5, 0.6) is 0 Å². The number of Topliss-reactive ketones (excluding diaryl/α,β-unsaturated/α-hetero) is 1. The average Bonchev–Trinajstić information content (AvgIpc) is 2.61. The van der Waals surface area contributed by atoms with Crippen molar-refractivity contribution in [2.24, 2.45) is 0 Å². The lowest BCUT2D eigenvalue weighted by Gasteiger charge is -2.08. The molecule has 0 saturated heterocycles. The van der Waals surface area contributed by atoms with Crippen molar-refractivity contribution in [1.82, 2.24) is 4.98 Å². The van der Waals surface area contributed by atoms with Gasteiger partial charge in [0.2, 0.25) is 0 Å². The lowest BCUT2D eigenvalue weighted by Crippen LogP contribution is -2.02. The Labute approximate surface area is 129 Å². The third-order valence-corrected chi connectivity index (χ3v) is 3.38. The lowest BCUT2D eigenvalue weighted by molar-refractivity contribution is 0.105. The first kappa shape index (κ1) is 14.0. The number of rotatable bonds is 4. The van der Waals surface area contributed by atoms with Gasteiger partial charge in [-0.05, 0) is 29.3 Å². The minimum Gasteiger partial charge on any atom is -0.289 e. The van der Waals surface area contributed by atoms with Crippen molar-refractivity contribution < 1.29 is 4.79 Å². The quantitative estimate of drug-likeness (QED) is 0.521. The molecule has 0 saturated carbocycles. The molecule has 2 nitrogen and oxygen atoms in total. The van der Waals surface area contributed by atoms with Crippen molar-refractivity contribution in [2.75, 3.05) is 0 Å². The zero-order valence-electron chi connectivity index (χ0n) is 12.0. The zero-order valence-corrected chi connectivity index (χ0v) is 12.0. The summed E-state index contributed by atoms with van der Waals surface area (Å²) in [6.45, 7) is 0. The van der Waals surface area contributed by atoms with Crippen LogP contribution in [-0.2, 0) is 0 Å². The van der Waals surface area contributed by atoms with Crippen LogP contribution in [-0.4, -0.2) is 10.8 Å². The number of allylic oxidation sites excluding steroid dienone is 1. The van der Waals surface area contributed by atoms with E-state index in [0.29, 0.717) is 11.1 Å². The Balaban J connectivity index is 2.08. The number of aromatic nitrogens is 1. The number of carbonyl (C=O) groups is 1. The van der Waals surface area contributed by atoms with E-state index < -0.39 is 0 Å². The molecule has 0 atom stereocenters. The van der Waals surface area contributed by atoms with Crippen molar-refractivity contribution in [1.29, 1.82) is 0 Å². The maximum atomic E-state index is 12.9. The maximum absolute atomic E-state index is 12.9. The van der Waals surface area contributed by atoms with Gasteiger partial charge in [-0.3, -0.25) is 9.78 Å². The largest absolute Gasteiger partial charge is 0.289 e. The number of hydrogen-bond donors (Lipinski definition) is 0. The highest BCUT2D eigenvalue weighted by molar-refractivity contribution is 6.32. The smallest absolute Gasteiger partial charge is 0.193 e. The molecular weight excluding hydrogens is 270 g/mol. The highest BCUT2D eigenvalue weighted by Crippen LogP contribution is 2.22. The third-order valence-electron chi connectivity index (χ3n) is 3.38. The van der Waals surface area contributed by atoms with Gasteiger partial charge < -0.3 is 0 Å². The second kappa shape index (κ2) is 6.64. The van der Waals surface area contributed by atoms with Gasteiger partial charge in [-0.15, -0.1) is 0 Å². The Kier molecular flexibility index (Phi) is 4.21. The van der Waals surface area contributed by atoms with Crippen LogP contribution in [0.25, 0.3) is 11.6 Å². The molecule has 0 aliphatic rings. The normalized spacial score (nSPS) is 11.2. The first-order valence-corrected chi connectivity index (χ1v) is 7.11. The van der Waals surface area contributed by atoms with Crippen LogP contribution >= 0.6 is 0 Å². The molecule has 2 heteroatoms. The first-order valence-electron chi connectivity index (χ1n) is 7.11. The number of carbonyl (C=O) groups excluding carboxylic acids is 1. The van der Waals surface area contributed by atoms with Crippen molar-refractivity contribution >= 4 is 17.4 Å². The summed E-state index contributed by atoms with van der Waals surface area (Å²) in [6.07, 6.45) is 5.36. The van der Waals surface area contributed by atoms with E-state index in [4.69, 9.17) is 0 Å². The monoisotopic (exact) mass is 285 g/mol. The second-order valence-electron chi connectivity index (χ2n) is 4.90. The number of pyridine rings is 1. The van der Waals surface area contributed by atoms with E-state index in [1.165, 1.54) is 0 Å². The molecule has 2 aromatic carbocycles. The lowest BCUT2D eigenvalue weighted by atomic mass is 9.95. The summed E-state index contributed by atoms with van der Waals surface area (Å²) in [5.41, 5.74) is 3.23. The summed E-state index contributed by atoms with van der Waals surface area (Å²) < 4.78 is 0. The molecule has 1 heterocycles. The Morgan fingerprint density at radius 2 is 1.27 bits per heavy atom. The van der Waals surface area contributed by atoms with E-state index in [-0.39, 0.29) is 5.78 Å². The van der Waals surface area contributed by atoms with Gasteiger partial charge in [0.15, 0.2) is 5.78 Å². The second-order valence-corrected chi connectivity index (χ2v) is 4.90. The first-order chi connectivity index (χ1) is 10.8. The van der Waals surface area contributed by atoms with Gasteiger partial charge in [-0.2, -0.15) is 0 Å². The molecule has 0 bridgehead atoms. The van der Waals surface area contributed by atoms with Crippen molar-refractivity contribution in [3.05, 3.63) is 102 Å². The van der Waals surface area contributed by atoms with Crippen molar-refractivity contribution in [3.63, 3.8) is 0 Å². The minimum atomic E-state index is 0.0172. The van der Waals surface area contributed by atoms with E-state index in [0.717, 1.165) is 11.1 Å². The summed E-state index contributed by atoms with van der Waals surface area (Å²) >= 11 is 0. The Morgan fingerprint density at radius 3 is 1.86 bits per heavy atom. The molecule has 3 aromatic rings. The average molecular weight is 285 g/mol. The maximum Gasteiger partial charge on any atom is 0.193 e. The fourth-order valence-corrected chi connectivity index (χ4v) is 2.27. The van der Waals surface area contributed by atoms with Crippen LogP contribution in [0.3, 0.4) is 0 Å². The van der Waals surface area contributed by atoms with E-state index >= 15 is 0 Å². The Morgan fingerprint density at radius 1 is 0.727 bits per heavy atom. The molecule has 0 radical (unpaired) electrons. The standard InChI is InChI=1S/C20H15NO/c22-20(18-9-5-2-6-10-18)19(17-7-3-1-4-8-17)15-16-11-13-21-14-12-16/h1-15H/b19-15+. The number of benzene rings is 2. The van der Waals surface area contributed by atoms with E-state index in [9.17, 15) is 4.79 Å². The highest BCUT2D eigenvalue weighted by Gasteiger charge is 2.13. The summed E-state index contributed by atoms with van der Waals surface area (Å²) in [4.78, 5) is 16.9. The van der Waals surface area contributed by atoms with Crippen molar-refractivity contribution in [3.8, 4) is 0 Å². The molecular formula is C20H15NO. The predicted molar refractivity (Wildman–Crippen MR) is 89.3 cm³/mol. The van der Waals surface area contributed by atoms with E-state index in [2.05, 4.69) is 4.98 Å². The third kappa shape index (κ3) is 3.18. The van der Waals surface area contributed by atoms with Gasteiger partial charge in [0.25, 0.3) is 0 Å². The van der Waals surface area contributed by atoms with Gasteiger partial charge in [-0.25, -0.2) is 0 Å². The molecule has 22 heavy (non-hydrogen) atoms. The number of nitrogens with zero attached hydrogens (tertiary/aromatic N) is 1. The summed E-state index contributed by atoms with van der Waals surface area (Å²) in [6, 6.07) is 22.8. The molecule has 0 aliphatic carbocycles. The Bertz CT molecular complexity index is 778. The van der Waals surface area contributed by atoms with Gasteiger partial charge in [-0.1, -0.05) is 60.7 Å². The van der Waals surface area contributed by atoms with E-state index in [1.807, 2.05) is 78.9 Å². The minimum absolute atomic E-state index is 0.0172. The fourth-order valence-electron chi connectivity index (χ4n) is 2.27. The topological polar surface area (TPSA) is 30.0 Å². The molecule has 1 aromatic heterocycles. The molecule has 0 N–H and O–H groups in total. The molecule has 0 spiro atoms. The molecule has 3 rings (SSSR count). The summed E-state index contributed by atoms with van der Waals surface area (Å²) in [7, 11) is 0. The van der Waals surface area contributed by atoms with Crippen LogP contribution in [0.4, 0.5) is 0 Å². The summed E-state index contributed by atoms with van der Waals surface area (Å²) in [5.74, 6) is 0.0172. The highest BCUT2D eigenvalue weighted by atomic mass is 16.1. The molecule has 106 valence electrons.